The van der Waals surface area contributed by atoms with Crippen molar-refractivity contribution in [2.75, 3.05) is 5.75 Å². The summed E-state index contributed by atoms with van der Waals surface area (Å²) in [4.78, 5) is 22.6. The first-order valence-electron chi connectivity index (χ1n) is 6.38. The Morgan fingerprint density at radius 3 is 2.55 bits per heavy atom. The minimum Gasteiger partial charge on any atom is -0.481 e. The van der Waals surface area contributed by atoms with Crippen molar-refractivity contribution < 1.29 is 9.90 Å². The van der Waals surface area contributed by atoms with Gasteiger partial charge < -0.3 is 5.11 Å². The molecule has 0 saturated carbocycles. The van der Waals surface area contributed by atoms with E-state index >= 15 is 0 Å². The molecule has 0 fully saturated rings. The lowest BCUT2D eigenvalue weighted by Gasteiger charge is -2.04. The summed E-state index contributed by atoms with van der Waals surface area (Å²) in [5.74, 6) is 0.174. The third kappa shape index (κ3) is 4.31. The van der Waals surface area contributed by atoms with Crippen molar-refractivity contribution in [1.82, 2.24) is 9.78 Å². The van der Waals surface area contributed by atoms with Crippen molar-refractivity contribution in [3.8, 4) is 5.69 Å². The number of nitrogens with one attached hydrogen (secondary N) is 1. The number of hydrogen-bond acceptors (Lipinski definition) is 3. The van der Waals surface area contributed by atoms with Gasteiger partial charge in [0.25, 0.3) is 5.56 Å². The molecule has 5 nitrogen and oxygen atoms in total. The molecule has 0 atom stereocenters. The maximum Gasteiger partial charge on any atom is 0.303 e. The number of unbranched alkanes of at least 4 members (excludes halogenated alkanes) is 1. The van der Waals surface area contributed by atoms with Gasteiger partial charge in [0.05, 0.1) is 5.69 Å². The Labute approximate surface area is 120 Å². The Balaban J connectivity index is 1.83. The van der Waals surface area contributed by atoms with Crippen LogP contribution >= 0.6 is 11.8 Å². The first kappa shape index (κ1) is 14.5. The van der Waals surface area contributed by atoms with Gasteiger partial charge in [0.15, 0.2) is 0 Å². The maximum absolute atomic E-state index is 11.1. The van der Waals surface area contributed by atoms with Gasteiger partial charge in [-0.15, -0.1) is 11.8 Å². The lowest BCUT2D eigenvalue weighted by atomic mass is 10.2. The molecule has 1 aromatic carbocycles. The van der Waals surface area contributed by atoms with Crippen molar-refractivity contribution >= 4 is 17.7 Å². The van der Waals surface area contributed by atoms with E-state index in [1.807, 2.05) is 24.3 Å². The first-order valence-corrected chi connectivity index (χ1v) is 7.36. The standard InChI is InChI=1S/C14H16N2O3S/c17-13-8-9-16(15-13)11-4-6-12(7-5-11)20-10-2-1-3-14(18)19/h4-9H,1-3,10H2,(H,15,17)(H,18,19). The highest BCUT2D eigenvalue weighted by Crippen LogP contribution is 2.21. The van der Waals surface area contributed by atoms with Crippen LogP contribution in [0.15, 0.2) is 46.2 Å². The van der Waals surface area contributed by atoms with Gasteiger partial charge in [-0.1, -0.05) is 0 Å². The zero-order valence-electron chi connectivity index (χ0n) is 10.9. The van der Waals surface area contributed by atoms with Crippen LogP contribution in [0.3, 0.4) is 0 Å². The van der Waals surface area contributed by atoms with Crippen LogP contribution in [0, 0.1) is 0 Å². The molecule has 2 aromatic rings. The molecule has 106 valence electrons. The summed E-state index contributed by atoms with van der Waals surface area (Å²) in [6.45, 7) is 0. The van der Waals surface area contributed by atoms with Crippen molar-refractivity contribution in [2.45, 2.75) is 24.2 Å². The Hall–Kier alpha value is -1.95. The van der Waals surface area contributed by atoms with E-state index in [0.717, 1.165) is 22.8 Å². The minimum absolute atomic E-state index is 0.123. The molecule has 0 unspecified atom stereocenters. The van der Waals surface area contributed by atoms with E-state index in [9.17, 15) is 9.59 Å². The summed E-state index contributed by atoms with van der Waals surface area (Å²) in [5, 5.41) is 11.2. The summed E-state index contributed by atoms with van der Waals surface area (Å²) in [6.07, 6.45) is 3.53. The van der Waals surface area contributed by atoms with Gasteiger partial charge in [-0.3, -0.25) is 19.4 Å². The van der Waals surface area contributed by atoms with Crippen LogP contribution in [-0.4, -0.2) is 26.6 Å². The average molecular weight is 292 g/mol. The Morgan fingerprint density at radius 2 is 1.95 bits per heavy atom. The summed E-state index contributed by atoms with van der Waals surface area (Å²) in [6, 6.07) is 9.35. The number of thioether (sulfide) groups is 1. The molecule has 0 spiro atoms. The molecule has 0 aliphatic rings. The van der Waals surface area contributed by atoms with E-state index < -0.39 is 5.97 Å². The molecule has 0 amide bonds. The second-order valence-corrected chi connectivity index (χ2v) is 5.52. The fraction of sp³-hybridized carbons (Fsp3) is 0.286. The number of nitrogens with zero attached hydrogens (tertiary/aromatic N) is 1. The fourth-order valence-electron chi connectivity index (χ4n) is 1.76. The number of aromatic nitrogens is 2. The molecule has 2 N–H and O–H groups in total. The van der Waals surface area contributed by atoms with Gasteiger partial charge in [-0.25, -0.2) is 0 Å². The molecule has 0 bridgehead atoms. The summed E-state index contributed by atoms with van der Waals surface area (Å²) < 4.78 is 1.67. The van der Waals surface area contributed by atoms with Crippen molar-refractivity contribution in [1.29, 1.82) is 0 Å². The molecule has 0 aliphatic heterocycles. The van der Waals surface area contributed by atoms with E-state index in [0.29, 0.717) is 6.42 Å². The molecule has 6 heteroatoms. The van der Waals surface area contributed by atoms with Gasteiger partial charge in [0.1, 0.15) is 0 Å². The molecular formula is C14H16N2O3S. The lowest BCUT2D eigenvalue weighted by Crippen LogP contribution is -2.02. The largest absolute Gasteiger partial charge is 0.481 e. The van der Waals surface area contributed by atoms with Gasteiger partial charge in [0.2, 0.25) is 0 Å². The zero-order valence-corrected chi connectivity index (χ0v) is 11.7. The molecule has 1 heterocycles. The lowest BCUT2D eigenvalue weighted by molar-refractivity contribution is -0.137. The predicted octanol–water partition coefficient (Wildman–Crippen LogP) is 2.51. The van der Waals surface area contributed by atoms with Crippen LogP contribution in [0.1, 0.15) is 19.3 Å². The van der Waals surface area contributed by atoms with Gasteiger partial charge >= 0.3 is 5.97 Å². The second-order valence-electron chi connectivity index (χ2n) is 4.36. The number of carboxylic acid groups (broad SMARTS) is 1. The van der Waals surface area contributed by atoms with Crippen LogP contribution in [0.2, 0.25) is 0 Å². The number of carbonyl (C=O) groups is 1. The summed E-state index contributed by atoms with van der Waals surface area (Å²) >= 11 is 1.71. The third-order valence-electron chi connectivity index (χ3n) is 2.77. The zero-order chi connectivity index (χ0) is 14.4. The second kappa shape index (κ2) is 7.00. The fourth-order valence-corrected chi connectivity index (χ4v) is 2.67. The number of benzene rings is 1. The van der Waals surface area contributed by atoms with E-state index in [4.69, 9.17) is 5.11 Å². The molecular weight excluding hydrogens is 276 g/mol. The number of hydrogen-bond donors (Lipinski definition) is 2. The molecule has 0 radical (unpaired) electrons. The highest BCUT2D eigenvalue weighted by Gasteiger charge is 2.00. The smallest absolute Gasteiger partial charge is 0.303 e. The third-order valence-corrected chi connectivity index (χ3v) is 3.87. The summed E-state index contributed by atoms with van der Waals surface area (Å²) in [7, 11) is 0. The van der Waals surface area contributed by atoms with Gasteiger partial charge in [-0.05, 0) is 42.9 Å². The highest BCUT2D eigenvalue weighted by molar-refractivity contribution is 7.99. The number of H-pyrrole nitrogens is 1. The Bertz CT molecular complexity index is 616. The molecule has 0 aliphatic carbocycles. The summed E-state index contributed by atoms with van der Waals surface area (Å²) in [5.41, 5.74) is 0.782. The van der Waals surface area contributed by atoms with Crippen molar-refractivity contribution in [2.24, 2.45) is 0 Å². The monoisotopic (exact) mass is 292 g/mol. The number of aromatic amines is 1. The average Bonchev–Trinajstić information content (AvgIpc) is 2.85. The Morgan fingerprint density at radius 1 is 1.20 bits per heavy atom. The van der Waals surface area contributed by atoms with Gasteiger partial charge in [-0.2, -0.15) is 0 Å². The van der Waals surface area contributed by atoms with E-state index in [1.165, 1.54) is 6.07 Å². The number of aliphatic carboxylic acids is 1. The van der Waals surface area contributed by atoms with Crippen LogP contribution < -0.4 is 5.56 Å². The molecule has 20 heavy (non-hydrogen) atoms. The van der Waals surface area contributed by atoms with Crippen molar-refractivity contribution in [3.05, 3.63) is 46.9 Å². The van der Waals surface area contributed by atoms with Gasteiger partial charge in [0, 0.05) is 23.6 Å². The van der Waals surface area contributed by atoms with Crippen molar-refractivity contribution in [3.63, 3.8) is 0 Å². The highest BCUT2D eigenvalue weighted by atomic mass is 32.2. The number of rotatable bonds is 7. The quantitative estimate of drug-likeness (QED) is 0.607. The number of carboxylic acids is 1. The predicted molar refractivity (Wildman–Crippen MR) is 78.6 cm³/mol. The first-order chi connectivity index (χ1) is 9.65. The van der Waals surface area contributed by atoms with Crippen LogP contribution in [-0.2, 0) is 4.79 Å². The van der Waals surface area contributed by atoms with Crippen LogP contribution in [0.25, 0.3) is 5.69 Å². The molecule has 0 saturated heterocycles. The SMILES string of the molecule is O=C(O)CCCCSc1ccc(-n2ccc(=O)[nH]2)cc1. The van der Waals surface area contributed by atoms with Crippen LogP contribution in [0.5, 0.6) is 0 Å². The molecule has 1 aromatic heterocycles. The maximum atomic E-state index is 11.1. The van der Waals surface area contributed by atoms with E-state index in [-0.39, 0.29) is 12.0 Å². The van der Waals surface area contributed by atoms with E-state index in [1.54, 1.807) is 22.6 Å². The Kier molecular flexibility index (Phi) is 5.06. The minimum atomic E-state index is -0.736. The van der Waals surface area contributed by atoms with E-state index in [2.05, 4.69) is 5.10 Å². The molecule has 2 rings (SSSR count). The van der Waals surface area contributed by atoms with Crippen LogP contribution in [0.4, 0.5) is 0 Å². The topological polar surface area (TPSA) is 75.1 Å². The normalized spacial score (nSPS) is 10.6.